The lowest BCUT2D eigenvalue weighted by Gasteiger charge is -2.35. The summed E-state index contributed by atoms with van der Waals surface area (Å²) in [5, 5.41) is 4.38. The van der Waals surface area contributed by atoms with Crippen LogP contribution in [0, 0.1) is 0 Å². The molecule has 0 saturated heterocycles. The molecule has 4 rings (SSSR count). The summed E-state index contributed by atoms with van der Waals surface area (Å²) in [4.78, 5) is 15.9. The van der Waals surface area contributed by atoms with Gasteiger partial charge in [0, 0.05) is 37.8 Å². The molecule has 1 unspecified atom stereocenters. The molecule has 0 aliphatic carbocycles. The fraction of sp³-hybridized carbons (Fsp3) is 0.429. The lowest BCUT2D eigenvalue weighted by Crippen LogP contribution is -2.38. The van der Waals surface area contributed by atoms with Crippen molar-refractivity contribution in [3.8, 4) is 0 Å². The van der Waals surface area contributed by atoms with Crippen molar-refractivity contribution in [3.63, 3.8) is 0 Å². The van der Waals surface area contributed by atoms with Gasteiger partial charge in [-0.2, -0.15) is 5.10 Å². The van der Waals surface area contributed by atoms with Crippen molar-refractivity contribution in [1.82, 2.24) is 14.7 Å². The van der Waals surface area contributed by atoms with Gasteiger partial charge in [0.15, 0.2) is 0 Å². The zero-order valence-electron chi connectivity index (χ0n) is 20.4. The Morgan fingerprint density at radius 1 is 0.969 bits per heavy atom. The fourth-order valence-corrected chi connectivity index (χ4v) is 4.47. The van der Waals surface area contributed by atoms with E-state index in [4.69, 9.17) is 0 Å². The summed E-state index contributed by atoms with van der Waals surface area (Å²) in [5.74, 6) is 0.232. The SMILES string of the molecule is Cn1cc(C2CN(C(=O)c3cc(C(C)(C)C)cc(C(C)(C)C)c3)Cc3ccccc32)cn1. The molecule has 0 bridgehead atoms. The number of aryl methyl sites for hydroxylation is 1. The molecule has 1 amide bonds. The highest BCUT2D eigenvalue weighted by molar-refractivity contribution is 5.95. The largest absolute Gasteiger partial charge is 0.333 e. The Kier molecular flexibility index (Phi) is 5.52. The Morgan fingerprint density at radius 3 is 2.16 bits per heavy atom. The molecule has 4 nitrogen and oxygen atoms in total. The van der Waals surface area contributed by atoms with E-state index in [0.29, 0.717) is 13.1 Å². The van der Waals surface area contributed by atoms with Crippen molar-refractivity contribution in [2.45, 2.75) is 64.8 Å². The van der Waals surface area contributed by atoms with Crippen LogP contribution in [0.2, 0.25) is 0 Å². The molecule has 0 fully saturated rings. The number of fused-ring (bicyclic) bond motifs is 1. The summed E-state index contributed by atoms with van der Waals surface area (Å²) in [6.07, 6.45) is 3.99. The Bertz CT molecular complexity index is 1110. The van der Waals surface area contributed by atoms with Crippen molar-refractivity contribution in [1.29, 1.82) is 0 Å². The third-order valence-electron chi connectivity index (χ3n) is 6.52. The number of carbonyl (C=O) groups excluding carboxylic acids is 1. The highest BCUT2D eigenvalue weighted by atomic mass is 16.2. The second-order valence-corrected chi connectivity index (χ2v) is 11.2. The Labute approximate surface area is 192 Å². The molecule has 1 aliphatic rings. The predicted octanol–water partition coefficient (Wildman–Crippen LogP) is 5.80. The van der Waals surface area contributed by atoms with Gasteiger partial charge in [-0.05, 0) is 50.8 Å². The highest BCUT2D eigenvalue weighted by Crippen LogP contribution is 2.35. The number of hydrogen-bond acceptors (Lipinski definition) is 2. The summed E-state index contributed by atoms with van der Waals surface area (Å²) < 4.78 is 1.83. The van der Waals surface area contributed by atoms with Crippen molar-refractivity contribution >= 4 is 5.91 Å². The Hall–Kier alpha value is -2.88. The van der Waals surface area contributed by atoms with Crippen molar-refractivity contribution in [3.05, 3.63) is 88.2 Å². The minimum atomic E-state index is -0.0248. The van der Waals surface area contributed by atoms with Gasteiger partial charge in [0.1, 0.15) is 0 Å². The maximum Gasteiger partial charge on any atom is 0.254 e. The van der Waals surface area contributed by atoms with E-state index in [1.165, 1.54) is 22.3 Å². The Balaban J connectivity index is 1.75. The molecule has 0 spiro atoms. The maximum absolute atomic E-state index is 13.9. The van der Waals surface area contributed by atoms with Crippen LogP contribution in [0.15, 0.2) is 54.9 Å². The van der Waals surface area contributed by atoms with E-state index < -0.39 is 0 Å². The molecular formula is C28H35N3O. The van der Waals surface area contributed by atoms with Crippen LogP contribution < -0.4 is 0 Å². The number of carbonyl (C=O) groups is 1. The maximum atomic E-state index is 13.9. The predicted molar refractivity (Wildman–Crippen MR) is 130 cm³/mol. The molecule has 1 aromatic heterocycles. The lowest BCUT2D eigenvalue weighted by atomic mass is 9.79. The molecule has 1 aliphatic heterocycles. The zero-order chi connectivity index (χ0) is 23.3. The van der Waals surface area contributed by atoms with Crippen LogP contribution >= 0.6 is 0 Å². The van der Waals surface area contributed by atoms with Crippen LogP contribution in [0.3, 0.4) is 0 Å². The van der Waals surface area contributed by atoms with E-state index >= 15 is 0 Å². The molecule has 2 aromatic carbocycles. The summed E-state index contributed by atoms with van der Waals surface area (Å²) in [6.45, 7) is 14.5. The molecule has 32 heavy (non-hydrogen) atoms. The van der Waals surface area contributed by atoms with E-state index in [1.54, 1.807) is 0 Å². The van der Waals surface area contributed by atoms with E-state index in [-0.39, 0.29) is 22.7 Å². The number of amides is 1. The van der Waals surface area contributed by atoms with Crippen LogP contribution in [0.1, 0.15) is 85.6 Å². The van der Waals surface area contributed by atoms with Gasteiger partial charge in [-0.25, -0.2) is 0 Å². The number of rotatable bonds is 2. The molecule has 0 radical (unpaired) electrons. The second kappa shape index (κ2) is 7.91. The smallest absolute Gasteiger partial charge is 0.254 e. The minimum Gasteiger partial charge on any atom is -0.333 e. The van der Waals surface area contributed by atoms with Crippen LogP contribution in [-0.4, -0.2) is 27.1 Å². The number of benzene rings is 2. The number of nitrogens with zero attached hydrogens (tertiary/aromatic N) is 3. The van der Waals surface area contributed by atoms with Crippen LogP contribution in [0.4, 0.5) is 0 Å². The molecule has 4 heteroatoms. The summed E-state index contributed by atoms with van der Waals surface area (Å²) in [6, 6.07) is 14.9. The minimum absolute atomic E-state index is 0.0248. The molecular weight excluding hydrogens is 394 g/mol. The third-order valence-corrected chi connectivity index (χ3v) is 6.52. The molecule has 0 N–H and O–H groups in total. The fourth-order valence-electron chi connectivity index (χ4n) is 4.47. The van der Waals surface area contributed by atoms with Crippen LogP contribution in [0.25, 0.3) is 0 Å². The van der Waals surface area contributed by atoms with Crippen LogP contribution in [-0.2, 0) is 24.4 Å². The van der Waals surface area contributed by atoms with E-state index in [0.717, 1.165) is 11.1 Å². The first kappa shape index (κ1) is 22.3. The van der Waals surface area contributed by atoms with Gasteiger partial charge in [-0.1, -0.05) is 71.9 Å². The number of aromatic nitrogens is 2. The van der Waals surface area contributed by atoms with Gasteiger partial charge in [0.2, 0.25) is 0 Å². The van der Waals surface area contributed by atoms with E-state index in [9.17, 15) is 4.79 Å². The van der Waals surface area contributed by atoms with Crippen molar-refractivity contribution < 1.29 is 4.79 Å². The quantitative estimate of drug-likeness (QED) is 0.516. The molecule has 2 heterocycles. The second-order valence-electron chi connectivity index (χ2n) is 11.2. The first-order valence-corrected chi connectivity index (χ1v) is 11.4. The molecule has 1 atom stereocenters. The Morgan fingerprint density at radius 2 is 1.59 bits per heavy atom. The summed E-state index contributed by atoms with van der Waals surface area (Å²) in [7, 11) is 1.94. The third kappa shape index (κ3) is 4.36. The summed E-state index contributed by atoms with van der Waals surface area (Å²) in [5.41, 5.74) is 6.80. The average molecular weight is 430 g/mol. The van der Waals surface area contributed by atoms with Gasteiger partial charge in [0.05, 0.1) is 6.20 Å². The van der Waals surface area contributed by atoms with Crippen molar-refractivity contribution in [2.75, 3.05) is 6.54 Å². The average Bonchev–Trinajstić information content (AvgIpc) is 3.17. The molecule has 0 saturated carbocycles. The zero-order valence-corrected chi connectivity index (χ0v) is 20.4. The first-order chi connectivity index (χ1) is 14.9. The molecule has 3 aromatic rings. The van der Waals surface area contributed by atoms with Gasteiger partial charge >= 0.3 is 0 Å². The normalized spacial score (nSPS) is 16.7. The van der Waals surface area contributed by atoms with Gasteiger partial charge in [-0.3, -0.25) is 9.48 Å². The molecule has 168 valence electrons. The van der Waals surface area contributed by atoms with Crippen LogP contribution in [0.5, 0.6) is 0 Å². The first-order valence-electron chi connectivity index (χ1n) is 11.4. The van der Waals surface area contributed by atoms with Crippen molar-refractivity contribution in [2.24, 2.45) is 7.05 Å². The van der Waals surface area contributed by atoms with Gasteiger partial charge in [0.25, 0.3) is 5.91 Å². The van der Waals surface area contributed by atoms with Gasteiger partial charge in [-0.15, -0.1) is 0 Å². The standard InChI is InChI=1S/C28H35N3O/c1-27(2,3)22-12-20(13-23(14-22)28(4,5)6)26(32)31-17-19-10-8-9-11-24(19)25(18-31)21-15-29-30(7)16-21/h8-16,25H,17-18H2,1-7H3. The number of hydrogen-bond donors (Lipinski definition) is 0. The lowest BCUT2D eigenvalue weighted by molar-refractivity contribution is 0.0724. The monoisotopic (exact) mass is 429 g/mol. The van der Waals surface area contributed by atoms with E-state index in [1.807, 2.05) is 22.8 Å². The van der Waals surface area contributed by atoms with E-state index in [2.05, 4.69) is 95.3 Å². The van der Waals surface area contributed by atoms with Gasteiger partial charge < -0.3 is 4.90 Å². The topological polar surface area (TPSA) is 38.1 Å². The summed E-state index contributed by atoms with van der Waals surface area (Å²) >= 11 is 0. The highest BCUT2D eigenvalue weighted by Gasteiger charge is 2.31.